The molecule has 26 heavy (non-hydrogen) atoms. The first-order valence-electron chi connectivity index (χ1n) is 8.51. The summed E-state index contributed by atoms with van der Waals surface area (Å²) in [5.41, 5.74) is 0.462. The topological polar surface area (TPSA) is 85.6 Å². The summed E-state index contributed by atoms with van der Waals surface area (Å²) in [6.07, 6.45) is 6.50. The van der Waals surface area contributed by atoms with E-state index in [-0.39, 0.29) is 12.0 Å². The number of amides is 1. The second-order valence-corrected chi connectivity index (χ2v) is 6.44. The molecule has 1 unspecified atom stereocenters. The van der Waals surface area contributed by atoms with E-state index in [9.17, 15) is 4.79 Å². The quantitative estimate of drug-likeness (QED) is 0.785. The number of carbonyl (C=O) groups is 1. The third kappa shape index (κ3) is 3.71. The Hall–Kier alpha value is -2.84. The van der Waals surface area contributed by atoms with Crippen LogP contribution in [0.5, 0.6) is 11.8 Å². The van der Waals surface area contributed by atoms with Gasteiger partial charge in [-0.05, 0) is 12.8 Å². The lowest BCUT2D eigenvalue weighted by molar-refractivity contribution is 0.0525. The molecular weight excluding hydrogens is 336 g/mol. The maximum atomic E-state index is 12.9. The SMILES string of the molecule is COc1nn(C)cc1C(=O)N1CCCC(Oc2nccnc2N(C)C)C1. The number of carbonyl (C=O) groups excluding carboxylic acids is 1. The first kappa shape index (κ1) is 18.0. The summed E-state index contributed by atoms with van der Waals surface area (Å²) in [6.45, 7) is 1.16. The Morgan fingerprint density at radius 1 is 1.27 bits per heavy atom. The first-order valence-corrected chi connectivity index (χ1v) is 8.51. The standard InChI is InChI=1S/C17H24N6O3/c1-21(2)14-16(19-8-7-18-14)26-12-6-5-9-23(10-12)17(24)13-11-22(3)20-15(13)25-4/h7-8,11-12H,5-6,9-10H2,1-4H3. The van der Waals surface area contributed by atoms with Crippen molar-refractivity contribution < 1.29 is 14.3 Å². The fourth-order valence-corrected chi connectivity index (χ4v) is 3.02. The predicted molar refractivity (Wildman–Crippen MR) is 95.7 cm³/mol. The van der Waals surface area contributed by atoms with E-state index in [1.54, 1.807) is 35.2 Å². The number of piperidine rings is 1. The van der Waals surface area contributed by atoms with Crippen LogP contribution in [-0.4, -0.2) is 71.0 Å². The van der Waals surface area contributed by atoms with Crippen molar-refractivity contribution in [2.24, 2.45) is 7.05 Å². The number of aryl methyl sites for hydroxylation is 1. The summed E-state index contributed by atoms with van der Waals surface area (Å²) in [7, 11) is 7.06. The van der Waals surface area contributed by atoms with Gasteiger partial charge >= 0.3 is 0 Å². The first-order chi connectivity index (χ1) is 12.5. The van der Waals surface area contributed by atoms with Crippen LogP contribution in [0.25, 0.3) is 0 Å². The van der Waals surface area contributed by atoms with Crippen molar-refractivity contribution in [2.75, 3.05) is 39.2 Å². The molecule has 1 aliphatic heterocycles. The number of hydrogen-bond acceptors (Lipinski definition) is 7. The van der Waals surface area contributed by atoms with E-state index in [1.807, 2.05) is 19.0 Å². The molecule has 1 aliphatic rings. The number of methoxy groups -OCH3 is 1. The van der Waals surface area contributed by atoms with Gasteiger partial charge in [-0.1, -0.05) is 0 Å². The summed E-state index contributed by atoms with van der Waals surface area (Å²) in [5.74, 6) is 1.39. The van der Waals surface area contributed by atoms with Gasteiger partial charge in [-0.25, -0.2) is 9.97 Å². The third-order valence-electron chi connectivity index (χ3n) is 4.23. The van der Waals surface area contributed by atoms with Crippen LogP contribution in [0.2, 0.25) is 0 Å². The van der Waals surface area contributed by atoms with Gasteiger partial charge in [-0.2, -0.15) is 0 Å². The van der Waals surface area contributed by atoms with Crippen LogP contribution in [0.15, 0.2) is 18.6 Å². The van der Waals surface area contributed by atoms with Crippen molar-refractivity contribution in [1.29, 1.82) is 0 Å². The van der Waals surface area contributed by atoms with Crippen molar-refractivity contribution in [3.05, 3.63) is 24.2 Å². The Balaban J connectivity index is 1.72. The lowest BCUT2D eigenvalue weighted by Gasteiger charge is -2.33. The molecular formula is C17H24N6O3. The molecule has 0 saturated carbocycles. The summed E-state index contributed by atoms with van der Waals surface area (Å²) in [6, 6.07) is 0. The van der Waals surface area contributed by atoms with Crippen LogP contribution in [0.3, 0.4) is 0 Å². The Kier molecular flexibility index (Phi) is 5.24. The minimum atomic E-state index is -0.134. The maximum absolute atomic E-state index is 12.9. The highest BCUT2D eigenvalue weighted by Crippen LogP contribution is 2.25. The monoisotopic (exact) mass is 360 g/mol. The number of rotatable bonds is 5. The molecule has 9 heteroatoms. The van der Waals surface area contributed by atoms with Gasteiger partial charge in [0.15, 0.2) is 5.82 Å². The lowest BCUT2D eigenvalue weighted by Crippen LogP contribution is -2.44. The predicted octanol–water partition coefficient (Wildman–Crippen LogP) is 0.968. The Labute approximate surface area is 152 Å². The highest BCUT2D eigenvalue weighted by atomic mass is 16.5. The summed E-state index contributed by atoms with van der Waals surface area (Å²) in [4.78, 5) is 25.1. The zero-order chi connectivity index (χ0) is 18.7. The number of nitrogens with zero attached hydrogens (tertiary/aromatic N) is 6. The van der Waals surface area contributed by atoms with E-state index in [0.717, 1.165) is 12.8 Å². The second kappa shape index (κ2) is 7.59. The van der Waals surface area contributed by atoms with Gasteiger partial charge in [0.1, 0.15) is 11.7 Å². The minimum Gasteiger partial charge on any atom is -0.479 e. The maximum Gasteiger partial charge on any atom is 0.261 e. The highest BCUT2D eigenvalue weighted by Gasteiger charge is 2.29. The van der Waals surface area contributed by atoms with Crippen molar-refractivity contribution in [3.8, 4) is 11.8 Å². The lowest BCUT2D eigenvalue weighted by atomic mass is 10.1. The van der Waals surface area contributed by atoms with Crippen LogP contribution in [0.1, 0.15) is 23.2 Å². The van der Waals surface area contributed by atoms with E-state index in [2.05, 4.69) is 15.1 Å². The van der Waals surface area contributed by atoms with Gasteiger partial charge in [-0.15, -0.1) is 5.10 Å². The van der Waals surface area contributed by atoms with Gasteiger partial charge in [0.05, 0.1) is 13.7 Å². The van der Waals surface area contributed by atoms with Gasteiger partial charge in [0.25, 0.3) is 11.8 Å². The number of ether oxygens (including phenoxy) is 2. The molecule has 3 heterocycles. The van der Waals surface area contributed by atoms with Crippen molar-refractivity contribution in [3.63, 3.8) is 0 Å². The van der Waals surface area contributed by atoms with E-state index in [0.29, 0.717) is 36.2 Å². The minimum absolute atomic E-state index is 0.102. The van der Waals surface area contributed by atoms with Crippen LogP contribution >= 0.6 is 0 Å². The average Bonchev–Trinajstić information content (AvgIpc) is 3.02. The normalized spacial score (nSPS) is 17.1. The Morgan fingerprint density at radius 3 is 2.77 bits per heavy atom. The second-order valence-electron chi connectivity index (χ2n) is 6.44. The van der Waals surface area contributed by atoms with E-state index in [1.165, 1.54) is 7.11 Å². The molecule has 0 spiro atoms. The number of aromatic nitrogens is 4. The molecule has 0 aliphatic carbocycles. The highest BCUT2D eigenvalue weighted by molar-refractivity contribution is 5.96. The van der Waals surface area contributed by atoms with Crippen molar-refractivity contribution in [1.82, 2.24) is 24.6 Å². The molecule has 0 radical (unpaired) electrons. The van der Waals surface area contributed by atoms with Crippen molar-refractivity contribution >= 4 is 11.7 Å². The largest absolute Gasteiger partial charge is 0.479 e. The van der Waals surface area contributed by atoms with Crippen LogP contribution in [0, 0.1) is 0 Å². The molecule has 1 saturated heterocycles. The molecule has 2 aromatic rings. The fourth-order valence-electron chi connectivity index (χ4n) is 3.02. The molecule has 3 rings (SSSR count). The zero-order valence-electron chi connectivity index (χ0n) is 15.5. The van der Waals surface area contributed by atoms with Crippen molar-refractivity contribution in [2.45, 2.75) is 18.9 Å². The van der Waals surface area contributed by atoms with Gasteiger partial charge in [-0.3, -0.25) is 9.48 Å². The molecule has 1 amide bonds. The molecule has 0 N–H and O–H groups in total. The summed E-state index contributed by atoms with van der Waals surface area (Å²) < 4.78 is 12.8. The Bertz CT molecular complexity index is 776. The molecule has 2 aromatic heterocycles. The molecule has 0 aromatic carbocycles. The fraction of sp³-hybridized carbons (Fsp3) is 0.529. The molecule has 140 valence electrons. The summed E-state index contributed by atoms with van der Waals surface area (Å²) >= 11 is 0. The van der Waals surface area contributed by atoms with Gasteiger partial charge in [0, 0.05) is 46.3 Å². The van der Waals surface area contributed by atoms with Crippen LogP contribution in [-0.2, 0) is 7.05 Å². The zero-order valence-corrected chi connectivity index (χ0v) is 15.5. The van der Waals surface area contributed by atoms with Gasteiger partial charge in [0.2, 0.25) is 5.88 Å². The Morgan fingerprint density at radius 2 is 2.04 bits per heavy atom. The molecule has 9 nitrogen and oxygen atoms in total. The van der Waals surface area contributed by atoms with Crippen LogP contribution < -0.4 is 14.4 Å². The number of hydrogen-bond donors (Lipinski definition) is 0. The molecule has 1 fully saturated rings. The van der Waals surface area contributed by atoms with E-state index < -0.39 is 0 Å². The molecule has 0 bridgehead atoms. The molecule has 1 atom stereocenters. The van der Waals surface area contributed by atoms with Gasteiger partial charge < -0.3 is 19.3 Å². The van der Waals surface area contributed by atoms with E-state index in [4.69, 9.17) is 9.47 Å². The average molecular weight is 360 g/mol. The van der Waals surface area contributed by atoms with E-state index >= 15 is 0 Å². The third-order valence-corrected chi connectivity index (χ3v) is 4.23. The number of anilines is 1. The van der Waals surface area contributed by atoms with Crippen LogP contribution in [0.4, 0.5) is 5.82 Å². The summed E-state index contributed by atoms with van der Waals surface area (Å²) in [5, 5.41) is 4.15. The smallest absolute Gasteiger partial charge is 0.261 e. The number of likely N-dealkylation sites (tertiary alicyclic amines) is 1.